The van der Waals surface area contributed by atoms with Crippen LogP contribution in [0, 0.1) is 6.92 Å². The second-order valence-electron chi connectivity index (χ2n) is 2.80. The van der Waals surface area contributed by atoms with Crippen LogP contribution < -0.4 is 0 Å². The number of hydrogen-bond donors (Lipinski definition) is 0. The summed E-state index contributed by atoms with van der Waals surface area (Å²) in [5, 5.41) is 2.68. The van der Waals surface area contributed by atoms with E-state index in [0.29, 0.717) is 0 Å². The second kappa shape index (κ2) is 5.11. The third kappa shape index (κ3) is 2.36. The average molecular weight is 215 g/mol. The Morgan fingerprint density at radius 2 is 1.38 bits per heavy atom. The molecule has 0 bridgehead atoms. The van der Waals surface area contributed by atoms with Crippen molar-refractivity contribution in [2.45, 2.75) is 6.92 Å². The van der Waals surface area contributed by atoms with Gasteiger partial charge in [0, 0.05) is 0 Å². The molecule has 0 heterocycles. The highest BCUT2D eigenvalue weighted by Gasteiger charge is 1.91. The smallest absolute Gasteiger partial charge is 0.0155 e. The first kappa shape index (κ1) is 12.3. The fraction of sp³-hybridized carbons (Fsp3) is 0.0909. The van der Waals surface area contributed by atoms with Crippen LogP contribution in [0.4, 0.5) is 0 Å². The van der Waals surface area contributed by atoms with Crippen molar-refractivity contribution in [2.24, 2.45) is 0 Å². The maximum absolute atomic E-state index is 2.16. The molecule has 0 aliphatic carbocycles. The third-order valence-electron chi connectivity index (χ3n) is 2.01. The highest BCUT2D eigenvalue weighted by Crippen LogP contribution is 2.16. The van der Waals surface area contributed by atoms with Gasteiger partial charge in [-0.05, 0) is 23.3 Å². The van der Waals surface area contributed by atoms with E-state index in [1.54, 1.807) is 0 Å². The van der Waals surface area contributed by atoms with Crippen molar-refractivity contribution in [1.29, 1.82) is 0 Å². The van der Waals surface area contributed by atoms with Crippen LogP contribution in [0.1, 0.15) is 5.56 Å². The maximum Gasteiger partial charge on any atom is -0.0155 e. The van der Waals surface area contributed by atoms with Crippen LogP contribution in [0.25, 0.3) is 10.8 Å². The Kier molecular flexibility index (Phi) is 4.82. The Morgan fingerprint density at radius 1 is 0.769 bits per heavy atom. The van der Waals surface area contributed by atoms with Crippen molar-refractivity contribution in [1.82, 2.24) is 0 Å². The predicted molar refractivity (Wildman–Crippen MR) is 63.2 cm³/mol. The molecule has 0 aromatic heterocycles. The van der Waals surface area contributed by atoms with Crippen molar-refractivity contribution >= 4 is 35.6 Å². The third-order valence-corrected chi connectivity index (χ3v) is 2.01. The number of benzene rings is 2. The summed E-state index contributed by atoms with van der Waals surface area (Å²) in [6, 6.07) is 14.8. The number of fused-ring (bicyclic) bond motifs is 1. The van der Waals surface area contributed by atoms with E-state index in [1.807, 2.05) is 0 Å². The fourth-order valence-corrected chi connectivity index (χ4v) is 1.39. The lowest BCUT2D eigenvalue weighted by molar-refractivity contribution is 1.53. The van der Waals surface area contributed by atoms with E-state index in [4.69, 9.17) is 0 Å². The summed E-state index contributed by atoms with van der Waals surface area (Å²) in [6.07, 6.45) is 0. The molecule has 0 aliphatic heterocycles. The quantitative estimate of drug-likeness (QED) is 0.623. The second-order valence-corrected chi connectivity index (χ2v) is 2.80. The van der Waals surface area contributed by atoms with E-state index in [0.717, 1.165) is 0 Å². The van der Waals surface area contributed by atoms with Gasteiger partial charge in [-0.25, -0.2) is 0 Å². The molecule has 0 aliphatic rings. The lowest BCUT2D eigenvalue weighted by Crippen LogP contribution is -1.75. The van der Waals surface area contributed by atoms with E-state index in [9.17, 15) is 0 Å². The van der Waals surface area contributed by atoms with Crippen LogP contribution in [-0.2, 0) is 0 Å². The van der Waals surface area contributed by atoms with Crippen LogP contribution in [0.5, 0.6) is 0 Å². The first-order valence-corrected chi connectivity index (χ1v) is 3.82. The molecule has 0 saturated heterocycles. The molecule has 0 radical (unpaired) electrons. The Labute approximate surface area is 90.8 Å². The van der Waals surface area contributed by atoms with Crippen LogP contribution in [-0.4, -0.2) is 0 Å². The highest BCUT2D eigenvalue weighted by atomic mass is 35.5. The Bertz CT molecular complexity index is 377. The number of aryl methyl sites for hydroxylation is 1. The van der Waals surface area contributed by atoms with E-state index >= 15 is 0 Å². The van der Waals surface area contributed by atoms with Gasteiger partial charge in [0.2, 0.25) is 0 Å². The van der Waals surface area contributed by atoms with Gasteiger partial charge in [-0.15, -0.1) is 24.8 Å². The van der Waals surface area contributed by atoms with Crippen LogP contribution >= 0.6 is 24.8 Å². The van der Waals surface area contributed by atoms with Gasteiger partial charge in [-0.3, -0.25) is 0 Å². The first-order valence-electron chi connectivity index (χ1n) is 3.82. The van der Waals surface area contributed by atoms with Crippen molar-refractivity contribution in [3.8, 4) is 0 Å². The maximum atomic E-state index is 2.16. The average Bonchev–Trinajstić information content (AvgIpc) is 2.06. The molecule has 13 heavy (non-hydrogen) atoms. The van der Waals surface area contributed by atoms with Crippen LogP contribution in [0.15, 0.2) is 42.5 Å². The Balaban J connectivity index is 0.000000720. The molecule has 0 atom stereocenters. The van der Waals surface area contributed by atoms with Crippen LogP contribution in [0.2, 0.25) is 0 Å². The molecule has 70 valence electrons. The number of halogens is 2. The molecule has 0 fully saturated rings. The van der Waals surface area contributed by atoms with E-state index in [2.05, 4.69) is 49.4 Å². The molecule has 2 aromatic rings. The summed E-state index contributed by atoms with van der Waals surface area (Å²) >= 11 is 0. The molecule has 0 amide bonds. The fourth-order valence-electron chi connectivity index (χ4n) is 1.39. The van der Waals surface area contributed by atoms with Gasteiger partial charge < -0.3 is 0 Å². The van der Waals surface area contributed by atoms with Gasteiger partial charge in [0.05, 0.1) is 0 Å². The summed E-state index contributed by atoms with van der Waals surface area (Å²) in [7, 11) is 0. The van der Waals surface area contributed by atoms with Gasteiger partial charge in [-0.2, -0.15) is 0 Å². The minimum absolute atomic E-state index is 0. The summed E-state index contributed by atoms with van der Waals surface area (Å²) in [6.45, 7) is 2.14. The largest absolute Gasteiger partial charge is 0.147 e. The van der Waals surface area contributed by atoms with E-state index in [-0.39, 0.29) is 24.8 Å². The SMILES string of the molecule is Cc1cccc2ccccc12.Cl.Cl. The van der Waals surface area contributed by atoms with E-state index < -0.39 is 0 Å². The zero-order chi connectivity index (χ0) is 7.68. The molecule has 2 heteroatoms. The summed E-state index contributed by atoms with van der Waals surface area (Å²) < 4.78 is 0. The van der Waals surface area contributed by atoms with Crippen LogP contribution in [0.3, 0.4) is 0 Å². The van der Waals surface area contributed by atoms with Crippen molar-refractivity contribution in [3.63, 3.8) is 0 Å². The Morgan fingerprint density at radius 3 is 2.08 bits per heavy atom. The zero-order valence-electron chi connectivity index (χ0n) is 7.36. The molecule has 2 aromatic carbocycles. The van der Waals surface area contributed by atoms with Gasteiger partial charge in [-0.1, -0.05) is 42.5 Å². The zero-order valence-corrected chi connectivity index (χ0v) is 8.99. The van der Waals surface area contributed by atoms with Crippen molar-refractivity contribution < 1.29 is 0 Å². The molecule has 0 saturated carbocycles. The lowest BCUT2D eigenvalue weighted by atomic mass is 10.1. The standard InChI is InChI=1S/C11H10.2ClH/c1-9-5-4-7-10-6-2-3-8-11(9)10;;/h2-8H,1H3;2*1H. The molecule has 0 spiro atoms. The lowest BCUT2D eigenvalue weighted by Gasteiger charge is -1.98. The molecular weight excluding hydrogens is 203 g/mol. The van der Waals surface area contributed by atoms with Gasteiger partial charge in [0.25, 0.3) is 0 Å². The first-order chi connectivity index (χ1) is 5.38. The van der Waals surface area contributed by atoms with Crippen molar-refractivity contribution in [3.05, 3.63) is 48.0 Å². The Hall–Kier alpha value is -0.720. The topological polar surface area (TPSA) is 0 Å². The summed E-state index contributed by atoms with van der Waals surface area (Å²) in [5.41, 5.74) is 1.35. The minimum Gasteiger partial charge on any atom is -0.147 e. The molecule has 0 unspecified atom stereocenters. The molecular formula is C11H12Cl2. The van der Waals surface area contributed by atoms with Gasteiger partial charge in [0.1, 0.15) is 0 Å². The normalized spacial score (nSPS) is 8.69. The number of rotatable bonds is 0. The van der Waals surface area contributed by atoms with Crippen molar-refractivity contribution in [2.75, 3.05) is 0 Å². The number of hydrogen-bond acceptors (Lipinski definition) is 0. The van der Waals surface area contributed by atoms with E-state index in [1.165, 1.54) is 16.3 Å². The van der Waals surface area contributed by atoms with Gasteiger partial charge >= 0.3 is 0 Å². The summed E-state index contributed by atoms with van der Waals surface area (Å²) in [4.78, 5) is 0. The molecule has 2 rings (SSSR count). The molecule has 0 N–H and O–H groups in total. The van der Waals surface area contributed by atoms with Gasteiger partial charge in [0.15, 0.2) is 0 Å². The monoisotopic (exact) mass is 214 g/mol. The minimum atomic E-state index is 0. The predicted octanol–water partition coefficient (Wildman–Crippen LogP) is 3.99. The highest BCUT2D eigenvalue weighted by molar-refractivity contribution is 5.86. The molecule has 0 nitrogen and oxygen atoms in total. The summed E-state index contributed by atoms with van der Waals surface area (Å²) in [5.74, 6) is 0.